The summed E-state index contributed by atoms with van der Waals surface area (Å²) in [5.74, 6) is 0. The Labute approximate surface area is 72.7 Å². The lowest BCUT2D eigenvalue weighted by molar-refractivity contribution is -0.0404. The Kier molecular flexibility index (Phi) is 3.52. The first-order valence-corrected chi connectivity index (χ1v) is 3.89. The second kappa shape index (κ2) is 3.76. The maximum Gasteiger partial charge on any atom is 0.404 e. The zero-order chi connectivity index (χ0) is 9.94. The van der Waals surface area contributed by atoms with E-state index in [0.29, 0.717) is 0 Å². The molecule has 0 spiro atoms. The van der Waals surface area contributed by atoms with Crippen LogP contribution in [0.4, 0.5) is 4.79 Å². The highest BCUT2D eigenvalue weighted by Crippen LogP contribution is 2.22. The average molecular weight is 175 g/mol. The van der Waals surface area contributed by atoms with Gasteiger partial charge in [-0.05, 0) is 12.3 Å². The molecule has 0 aromatic heterocycles. The average Bonchev–Trinajstić information content (AvgIpc) is 1.82. The molecule has 0 aromatic rings. The van der Waals surface area contributed by atoms with Crippen LogP contribution in [0.2, 0.25) is 0 Å². The quantitative estimate of drug-likeness (QED) is 0.654. The van der Waals surface area contributed by atoms with Crippen molar-refractivity contribution >= 4 is 6.09 Å². The van der Waals surface area contributed by atoms with E-state index in [4.69, 9.17) is 5.73 Å². The Morgan fingerprint density at radius 2 is 1.92 bits per heavy atom. The van der Waals surface area contributed by atoms with Gasteiger partial charge in [-0.2, -0.15) is 0 Å². The van der Waals surface area contributed by atoms with Crippen LogP contribution in [0.25, 0.3) is 0 Å². The second-order valence-electron chi connectivity index (χ2n) is 3.95. The summed E-state index contributed by atoms with van der Waals surface area (Å²) in [5.41, 5.74) is 4.49. The highest BCUT2D eigenvalue weighted by molar-refractivity contribution is 5.64. The van der Waals surface area contributed by atoms with Crippen molar-refractivity contribution in [2.45, 2.75) is 39.9 Å². The highest BCUT2D eigenvalue weighted by Gasteiger charge is 2.29. The normalized spacial score (nSPS) is 16.8. The van der Waals surface area contributed by atoms with Crippen molar-refractivity contribution in [1.82, 2.24) is 0 Å². The third kappa shape index (κ3) is 3.57. The molecule has 1 amide bonds. The first kappa shape index (κ1) is 11.2. The Morgan fingerprint density at radius 3 is 2.17 bits per heavy atom. The van der Waals surface area contributed by atoms with Gasteiger partial charge < -0.3 is 15.6 Å². The van der Waals surface area contributed by atoms with E-state index < -0.39 is 18.3 Å². The fourth-order valence-electron chi connectivity index (χ4n) is 0.952. The van der Waals surface area contributed by atoms with Crippen LogP contribution in [-0.2, 0) is 4.74 Å². The number of hydrogen-bond acceptors (Lipinski definition) is 3. The molecule has 0 saturated heterocycles. The predicted molar refractivity (Wildman–Crippen MR) is 45.6 cm³/mol. The van der Waals surface area contributed by atoms with Crippen LogP contribution in [0.1, 0.15) is 27.7 Å². The summed E-state index contributed by atoms with van der Waals surface area (Å²) < 4.78 is 4.63. The van der Waals surface area contributed by atoms with Crippen molar-refractivity contribution in [1.29, 1.82) is 0 Å². The summed E-state index contributed by atoms with van der Waals surface area (Å²) in [6.07, 6.45) is -2.13. The molecule has 0 bridgehead atoms. The monoisotopic (exact) mass is 175 g/mol. The zero-order valence-corrected chi connectivity index (χ0v) is 8.00. The Morgan fingerprint density at radius 1 is 1.50 bits per heavy atom. The number of nitrogens with two attached hydrogens (primary N) is 1. The molecule has 0 aliphatic rings. The number of rotatable bonds is 2. The maximum atomic E-state index is 10.3. The summed E-state index contributed by atoms with van der Waals surface area (Å²) >= 11 is 0. The summed E-state index contributed by atoms with van der Waals surface area (Å²) in [4.78, 5) is 10.3. The van der Waals surface area contributed by atoms with Crippen LogP contribution in [0.3, 0.4) is 0 Å². The lowest BCUT2D eigenvalue weighted by Gasteiger charge is -2.29. The van der Waals surface area contributed by atoms with Crippen molar-refractivity contribution in [3.63, 3.8) is 0 Å². The number of carbonyl (C=O) groups excluding carboxylic acids is 1. The molecule has 0 aliphatic heterocycles. The van der Waals surface area contributed by atoms with Crippen molar-refractivity contribution in [3.05, 3.63) is 0 Å². The lowest BCUT2D eigenvalue weighted by atomic mass is 9.86. The number of amides is 1. The third-order valence-electron chi connectivity index (χ3n) is 1.63. The SMILES string of the molecule is CC(OC(N)=O)C(O)C(C)(C)C. The Bertz CT molecular complexity index is 162. The second-order valence-corrected chi connectivity index (χ2v) is 3.95. The number of hydrogen-bond donors (Lipinski definition) is 2. The van der Waals surface area contributed by atoms with Crippen LogP contribution in [0.5, 0.6) is 0 Å². The third-order valence-corrected chi connectivity index (χ3v) is 1.63. The van der Waals surface area contributed by atoms with Crippen LogP contribution in [-0.4, -0.2) is 23.4 Å². The summed E-state index contributed by atoms with van der Waals surface area (Å²) in [5, 5.41) is 9.57. The molecule has 2 atom stereocenters. The smallest absolute Gasteiger partial charge is 0.404 e. The molecular formula is C8H17NO3. The van der Waals surface area contributed by atoms with Crippen molar-refractivity contribution in [2.75, 3.05) is 0 Å². The van der Waals surface area contributed by atoms with E-state index in [-0.39, 0.29) is 5.41 Å². The molecule has 0 rings (SSSR count). The minimum Gasteiger partial charge on any atom is -0.444 e. The molecule has 0 aromatic carbocycles. The van der Waals surface area contributed by atoms with E-state index in [9.17, 15) is 9.90 Å². The van der Waals surface area contributed by atoms with E-state index in [1.165, 1.54) is 0 Å². The van der Waals surface area contributed by atoms with Gasteiger partial charge in [0.05, 0.1) is 6.10 Å². The van der Waals surface area contributed by atoms with E-state index in [0.717, 1.165) is 0 Å². The van der Waals surface area contributed by atoms with Gasteiger partial charge in [-0.3, -0.25) is 0 Å². The number of ether oxygens (including phenoxy) is 1. The number of primary amides is 1. The van der Waals surface area contributed by atoms with Gasteiger partial charge in [-0.25, -0.2) is 4.79 Å². The predicted octanol–water partition coefficient (Wildman–Crippen LogP) is 0.877. The van der Waals surface area contributed by atoms with Gasteiger partial charge in [-0.1, -0.05) is 20.8 Å². The summed E-state index contributed by atoms with van der Waals surface area (Å²) in [6.45, 7) is 7.19. The van der Waals surface area contributed by atoms with Crippen LogP contribution in [0.15, 0.2) is 0 Å². The fourth-order valence-corrected chi connectivity index (χ4v) is 0.952. The molecular weight excluding hydrogens is 158 g/mol. The van der Waals surface area contributed by atoms with Gasteiger partial charge in [0.15, 0.2) is 0 Å². The number of aliphatic hydroxyl groups excluding tert-OH is 1. The van der Waals surface area contributed by atoms with Crippen molar-refractivity contribution < 1.29 is 14.6 Å². The minimum absolute atomic E-state index is 0.311. The molecule has 0 fully saturated rings. The molecule has 4 nitrogen and oxygen atoms in total. The number of carbonyl (C=O) groups is 1. The topological polar surface area (TPSA) is 72.5 Å². The van der Waals surface area contributed by atoms with Crippen molar-refractivity contribution in [3.8, 4) is 0 Å². The van der Waals surface area contributed by atoms with Gasteiger partial charge in [0, 0.05) is 0 Å². The van der Waals surface area contributed by atoms with Crippen LogP contribution >= 0.6 is 0 Å². The highest BCUT2D eigenvalue weighted by atomic mass is 16.6. The summed E-state index contributed by atoms with van der Waals surface area (Å²) in [7, 11) is 0. The standard InChI is InChI=1S/C8H17NO3/c1-5(12-7(9)11)6(10)8(2,3)4/h5-6,10H,1-4H3,(H2,9,11). The Hall–Kier alpha value is -0.770. The maximum absolute atomic E-state index is 10.3. The van der Waals surface area contributed by atoms with Gasteiger partial charge in [0.1, 0.15) is 6.10 Å². The zero-order valence-electron chi connectivity index (χ0n) is 8.00. The molecule has 72 valence electrons. The molecule has 0 radical (unpaired) electrons. The molecule has 0 heterocycles. The van der Waals surface area contributed by atoms with E-state index in [2.05, 4.69) is 4.74 Å². The van der Waals surface area contributed by atoms with Gasteiger partial charge in [0.2, 0.25) is 0 Å². The van der Waals surface area contributed by atoms with Gasteiger partial charge in [0.25, 0.3) is 0 Å². The largest absolute Gasteiger partial charge is 0.444 e. The molecule has 0 saturated carbocycles. The summed E-state index contributed by atoms with van der Waals surface area (Å²) in [6, 6.07) is 0. The molecule has 12 heavy (non-hydrogen) atoms. The first-order valence-electron chi connectivity index (χ1n) is 3.89. The minimum atomic E-state index is -0.856. The van der Waals surface area contributed by atoms with E-state index in [1.54, 1.807) is 6.92 Å². The van der Waals surface area contributed by atoms with E-state index in [1.807, 2.05) is 20.8 Å². The first-order chi connectivity index (χ1) is 5.25. The molecule has 3 N–H and O–H groups in total. The molecule has 4 heteroatoms. The van der Waals surface area contributed by atoms with Gasteiger partial charge in [-0.15, -0.1) is 0 Å². The number of aliphatic hydroxyl groups is 1. The fraction of sp³-hybridized carbons (Fsp3) is 0.875. The van der Waals surface area contributed by atoms with Crippen LogP contribution in [0, 0.1) is 5.41 Å². The lowest BCUT2D eigenvalue weighted by Crippen LogP contribution is -2.39. The molecule has 2 unspecified atom stereocenters. The van der Waals surface area contributed by atoms with Crippen molar-refractivity contribution in [2.24, 2.45) is 11.1 Å². The molecule has 0 aliphatic carbocycles. The van der Waals surface area contributed by atoms with Crippen LogP contribution < -0.4 is 5.73 Å². The Balaban J connectivity index is 4.10. The van der Waals surface area contributed by atoms with Gasteiger partial charge >= 0.3 is 6.09 Å². The van der Waals surface area contributed by atoms with E-state index >= 15 is 0 Å².